The Morgan fingerprint density at radius 2 is 0.661 bits per heavy atom. The predicted molar refractivity (Wildman–Crippen MR) is 428 cm³/mol. The minimum absolute atomic E-state index is 0.122. The van der Waals surface area contributed by atoms with Crippen LogP contribution in [0.4, 0.5) is 0 Å². The van der Waals surface area contributed by atoms with Crippen molar-refractivity contribution in [2.75, 3.05) is 46.2 Å². The molecule has 8 heterocycles. The van der Waals surface area contributed by atoms with Crippen LogP contribution < -0.4 is 16.8 Å². The van der Waals surface area contributed by atoms with Gasteiger partial charge in [0.2, 0.25) is 5.91 Å². The van der Waals surface area contributed by atoms with E-state index in [2.05, 4.69) is 19.2 Å². The van der Waals surface area contributed by atoms with Gasteiger partial charge in [-0.1, -0.05) is 167 Å². The lowest BCUT2D eigenvalue weighted by Crippen LogP contribution is -2.70. The Kier molecular flexibility index (Phi) is 46.7. The van der Waals surface area contributed by atoms with Gasteiger partial charge in [0.15, 0.2) is 50.3 Å². The molecule has 0 spiro atoms. The topological polar surface area (TPSA) is 674 Å². The van der Waals surface area contributed by atoms with Crippen molar-refractivity contribution in [1.82, 2.24) is 5.32 Å². The van der Waals surface area contributed by atoms with Crippen molar-refractivity contribution >= 4 is 5.91 Å². The monoisotopic (exact) mass is 1800 g/mol. The molecule has 8 aliphatic heterocycles. The first-order valence-corrected chi connectivity index (χ1v) is 44.9. The second kappa shape index (κ2) is 54.1. The molecule has 27 N–H and O–H groups in total. The zero-order chi connectivity index (χ0) is 90.6. The quantitative estimate of drug-likeness (QED) is 0.0199. The number of allylic oxidation sites excluding steroid dienone is 1. The Morgan fingerprint density at radius 3 is 1.10 bits per heavy atom. The molecule has 726 valence electrons. The van der Waals surface area contributed by atoms with Gasteiger partial charge in [-0.2, -0.15) is 0 Å². The van der Waals surface area contributed by atoms with Crippen LogP contribution in [-0.2, 0) is 80.6 Å². The van der Waals surface area contributed by atoms with E-state index in [0.717, 1.165) is 64.2 Å². The summed E-state index contributed by atoms with van der Waals surface area (Å²) < 4.78 is 97.0. The van der Waals surface area contributed by atoms with E-state index >= 15 is 0 Å². The van der Waals surface area contributed by atoms with E-state index in [1.807, 2.05) is 6.08 Å². The van der Waals surface area contributed by atoms with Gasteiger partial charge in [-0.25, -0.2) is 0 Å². The molecule has 8 rings (SSSR count). The average molecular weight is 1800 g/mol. The first-order valence-electron chi connectivity index (χ1n) is 44.9. The number of unbranched alkanes of at least 4 members (excludes halogenated alkanes) is 23. The highest BCUT2D eigenvalue weighted by Gasteiger charge is 2.60. The first kappa shape index (κ1) is 107. The second-order valence-corrected chi connectivity index (χ2v) is 34.3. The molecule has 42 nitrogen and oxygen atoms in total. The highest BCUT2D eigenvalue weighted by molar-refractivity contribution is 5.76. The molecule has 0 aromatic carbocycles. The van der Waals surface area contributed by atoms with E-state index in [0.29, 0.717) is 12.8 Å². The highest BCUT2D eigenvalue weighted by Crippen LogP contribution is 2.40. The van der Waals surface area contributed by atoms with Crippen LogP contribution >= 0.6 is 0 Å². The molecule has 8 aliphatic rings. The molecule has 8 saturated heterocycles. The minimum Gasteiger partial charge on any atom is -0.394 e. The van der Waals surface area contributed by atoms with Crippen LogP contribution in [0.2, 0.25) is 0 Å². The maximum absolute atomic E-state index is 13.7. The molecule has 0 saturated carbocycles. The summed E-state index contributed by atoms with van der Waals surface area (Å²) in [7, 11) is 0. The third-order valence-corrected chi connectivity index (χ3v) is 24.7. The number of aliphatic hydroxyl groups is 22. The Morgan fingerprint density at radius 1 is 0.331 bits per heavy atom. The summed E-state index contributed by atoms with van der Waals surface area (Å²) in [5.41, 5.74) is 13.9. The van der Waals surface area contributed by atoms with E-state index in [1.165, 1.54) is 97.3 Å². The zero-order valence-corrected chi connectivity index (χ0v) is 71.7. The van der Waals surface area contributed by atoms with Crippen molar-refractivity contribution in [2.24, 2.45) is 11.5 Å². The molecule has 0 aromatic heterocycles. The van der Waals surface area contributed by atoms with Crippen molar-refractivity contribution in [2.45, 2.75) is 452 Å². The molecule has 8 fully saturated rings. The fraction of sp³-hybridized carbons (Fsp3) is 0.963. The van der Waals surface area contributed by atoms with Crippen molar-refractivity contribution in [3.63, 3.8) is 0 Å². The fourth-order valence-electron chi connectivity index (χ4n) is 16.8. The lowest BCUT2D eigenvalue weighted by Gasteiger charge is -2.51. The lowest BCUT2D eigenvalue weighted by molar-refractivity contribution is -0.393. The van der Waals surface area contributed by atoms with Crippen molar-refractivity contribution in [3.8, 4) is 0 Å². The van der Waals surface area contributed by atoms with Crippen LogP contribution in [0.15, 0.2) is 12.2 Å². The molecule has 0 aromatic rings. The molecule has 124 heavy (non-hydrogen) atoms. The number of nitrogens with two attached hydrogens (primary N) is 2. The van der Waals surface area contributed by atoms with E-state index in [-0.39, 0.29) is 6.42 Å². The summed E-state index contributed by atoms with van der Waals surface area (Å²) in [6.45, 7) is 0.384. The number of amides is 1. The summed E-state index contributed by atoms with van der Waals surface area (Å²) in [6, 6.07) is -4.88. The molecule has 42 heteroatoms. The molecular weight excluding hydrogens is 1650 g/mol. The van der Waals surface area contributed by atoms with E-state index in [4.69, 9.17) is 87.3 Å². The van der Waals surface area contributed by atoms with Gasteiger partial charge in [0.05, 0.1) is 82.7 Å². The SMILES string of the molecule is CCCCCCCCCCCCC/C=C/C(O)C(CO[C@@H]1OC(CO)[C@H](O[C@@H]2OC(CO[C@@H]3OC(CO)[C@H](O[C@@H]4OC(CO)[C@H](O)C(O)C4O)C(OC4OC(C)[C@@H](O)C(O)C4O)C3N)[C@H](O)C(O[C@@H]3OC(CO)[C@H](O[C@@H]4OC(C)[C@H](O)C(O)C4O)C(O[C@@H]4OC(CO)[C@H](O)C(O)C4O)C3N)C2O)C(O)C1O)NC(=O)CCCCCCCCCCCCCCC. The lowest BCUT2D eigenvalue weighted by atomic mass is 9.94. The maximum Gasteiger partial charge on any atom is 0.220 e. The summed E-state index contributed by atoms with van der Waals surface area (Å²) in [6.07, 6.45) is -43.5. The Hall–Kier alpha value is -2.39. The number of hydrogen-bond donors (Lipinski definition) is 25. The molecule has 0 bridgehead atoms. The minimum atomic E-state index is -2.39. The number of hydrogen-bond acceptors (Lipinski definition) is 41. The number of rotatable bonds is 52. The Labute approximate surface area is 723 Å². The van der Waals surface area contributed by atoms with Crippen molar-refractivity contribution in [1.29, 1.82) is 0 Å². The van der Waals surface area contributed by atoms with Crippen LogP contribution in [0, 0.1) is 0 Å². The number of ether oxygens (including phenoxy) is 16. The number of nitrogens with one attached hydrogen (secondary N) is 1. The standard InChI is InChI=1S/C82H149N3O39/c1-5-7-9-11-13-15-17-19-21-23-25-27-29-31-43(91)42(85-50(92)32-30-28-26-24-22-20-18-16-14-12-10-8-6-2)38-109-77-67(107)62(102)69(46(35-88)117-77)119-82-68(108)74(124-76-52(84)73(123-81-66(106)61(101)56(96)45(34-87)114-81)71(48(37-90)116-76)120-78-63(103)58(98)53(93)40(3)111-78)57(97)49(118-82)39-110-75-51(83)72(122-79-64(104)59(99)54(94)41(4)112-79)70(47(36-89)115-75)121-80-65(105)60(100)55(95)44(33-86)113-80/h29,31,40-49,51-82,86-91,93-108H,5-28,30,32-39,83-84H2,1-4H3,(H,85,92)/b31-29+/t40?,41?,42?,43?,44?,45?,46?,47?,48?,49?,51?,52?,53-,54+,55-,56-,57-,58?,59?,60?,61?,62?,63?,64?,65?,66?,67?,68?,69-,70-,71-,72?,73?,74?,75+,76-,77+,78-,79?,80-,81-,82-/m0/s1. The Balaban J connectivity index is 1.05. The Bertz CT molecular complexity index is 2940. The molecule has 27 unspecified atom stereocenters. The third-order valence-electron chi connectivity index (χ3n) is 24.7. The summed E-state index contributed by atoms with van der Waals surface area (Å²) >= 11 is 0. The van der Waals surface area contributed by atoms with Gasteiger partial charge in [-0.3, -0.25) is 4.79 Å². The predicted octanol–water partition coefficient (Wildman–Crippen LogP) is -5.86. The van der Waals surface area contributed by atoms with Gasteiger partial charge in [-0.05, 0) is 33.1 Å². The number of carbonyl (C=O) groups is 1. The molecule has 0 aliphatic carbocycles. The number of aliphatic hydroxyl groups excluding tert-OH is 22. The van der Waals surface area contributed by atoms with Crippen LogP contribution in [-0.4, -0.2) is 422 Å². The van der Waals surface area contributed by atoms with Gasteiger partial charge in [-0.15, -0.1) is 0 Å². The molecule has 42 atom stereocenters. The first-order chi connectivity index (χ1) is 59.4. The zero-order valence-electron chi connectivity index (χ0n) is 71.7. The van der Waals surface area contributed by atoms with Crippen LogP contribution in [0.25, 0.3) is 0 Å². The normalized spacial score (nSPS) is 42.4. The maximum atomic E-state index is 13.7. The average Bonchev–Trinajstić information content (AvgIpc) is 0.781. The van der Waals surface area contributed by atoms with Crippen LogP contribution in [0.1, 0.15) is 195 Å². The van der Waals surface area contributed by atoms with Gasteiger partial charge < -0.3 is 205 Å². The van der Waals surface area contributed by atoms with Crippen molar-refractivity contribution in [3.05, 3.63) is 12.2 Å². The van der Waals surface area contributed by atoms with Crippen LogP contribution in [0.5, 0.6) is 0 Å². The van der Waals surface area contributed by atoms with E-state index in [9.17, 15) is 117 Å². The van der Waals surface area contributed by atoms with Gasteiger partial charge in [0, 0.05) is 6.42 Å². The molecule has 1 amide bonds. The third kappa shape index (κ3) is 29.3. The summed E-state index contributed by atoms with van der Waals surface area (Å²) in [5.74, 6) is -0.393. The van der Waals surface area contributed by atoms with Gasteiger partial charge in [0.25, 0.3) is 0 Å². The smallest absolute Gasteiger partial charge is 0.220 e. The van der Waals surface area contributed by atoms with Crippen LogP contribution in [0.3, 0.4) is 0 Å². The second-order valence-electron chi connectivity index (χ2n) is 34.3. The van der Waals surface area contributed by atoms with Gasteiger partial charge in [0.1, 0.15) is 171 Å². The summed E-state index contributed by atoms with van der Waals surface area (Å²) in [5, 5.41) is 248. The highest BCUT2D eigenvalue weighted by atomic mass is 16.8. The number of carbonyl (C=O) groups excluding carboxylic acids is 1. The fourth-order valence-corrected chi connectivity index (χ4v) is 16.8. The van der Waals surface area contributed by atoms with E-state index in [1.54, 1.807) is 6.08 Å². The largest absolute Gasteiger partial charge is 0.394 e. The molecular formula is C82H149N3O39. The van der Waals surface area contributed by atoms with Gasteiger partial charge >= 0.3 is 0 Å². The van der Waals surface area contributed by atoms with E-state index < -0.39 is 310 Å². The summed E-state index contributed by atoms with van der Waals surface area (Å²) in [4.78, 5) is 13.7. The van der Waals surface area contributed by atoms with Crippen molar-refractivity contribution < 1.29 is 193 Å². The molecule has 0 radical (unpaired) electrons.